The molecule has 0 unspecified atom stereocenters. The highest BCUT2D eigenvalue weighted by atomic mass is 16.6. The molecule has 2 rings (SSSR count). The Morgan fingerprint density at radius 3 is 3.00 bits per heavy atom. The van der Waals surface area contributed by atoms with Crippen LogP contribution in [0.1, 0.15) is 12.0 Å². The van der Waals surface area contributed by atoms with Crippen LogP contribution in [-0.4, -0.2) is 11.5 Å². The third kappa shape index (κ3) is 1.26. The maximum Gasteiger partial charge on any atom is 0.276 e. The lowest BCUT2D eigenvalue weighted by atomic mass is 10.0. The van der Waals surface area contributed by atoms with Crippen molar-refractivity contribution >= 4 is 11.4 Å². The van der Waals surface area contributed by atoms with Gasteiger partial charge in [-0.2, -0.15) is 0 Å². The number of nitrogen functional groups attached to an aromatic ring is 1. The van der Waals surface area contributed by atoms with E-state index in [-0.39, 0.29) is 5.69 Å². The zero-order chi connectivity index (χ0) is 10.1. The smallest absolute Gasteiger partial charge is 0.276 e. The molecule has 5 nitrogen and oxygen atoms in total. The lowest BCUT2D eigenvalue weighted by Gasteiger charge is -2.18. The summed E-state index contributed by atoms with van der Waals surface area (Å²) in [7, 11) is 0. The Balaban J connectivity index is 2.59. The second-order valence-corrected chi connectivity index (χ2v) is 3.19. The van der Waals surface area contributed by atoms with Crippen LogP contribution < -0.4 is 10.5 Å². The van der Waals surface area contributed by atoms with Gasteiger partial charge in [-0.05, 0) is 18.9 Å². The molecule has 14 heavy (non-hydrogen) atoms. The summed E-state index contributed by atoms with van der Waals surface area (Å²) in [4.78, 5) is 10.3. The molecule has 1 aromatic carbocycles. The first-order valence-electron chi connectivity index (χ1n) is 4.38. The first-order chi connectivity index (χ1) is 6.70. The topological polar surface area (TPSA) is 78.4 Å². The van der Waals surface area contributed by atoms with Crippen molar-refractivity contribution in [2.75, 3.05) is 12.3 Å². The van der Waals surface area contributed by atoms with Gasteiger partial charge in [0.2, 0.25) is 0 Å². The molecular weight excluding hydrogens is 184 g/mol. The van der Waals surface area contributed by atoms with Gasteiger partial charge in [0.1, 0.15) is 0 Å². The van der Waals surface area contributed by atoms with Crippen molar-refractivity contribution in [3.63, 3.8) is 0 Å². The molecule has 0 aromatic heterocycles. The van der Waals surface area contributed by atoms with Crippen LogP contribution in [0.5, 0.6) is 5.75 Å². The highest BCUT2D eigenvalue weighted by Gasteiger charge is 2.23. The van der Waals surface area contributed by atoms with Crippen molar-refractivity contribution in [1.29, 1.82) is 0 Å². The maximum atomic E-state index is 10.7. The molecule has 1 aromatic rings. The lowest BCUT2D eigenvalue weighted by Crippen LogP contribution is -2.12. The molecule has 74 valence electrons. The zero-order valence-corrected chi connectivity index (χ0v) is 7.53. The Labute approximate surface area is 80.6 Å². The molecule has 0 saturated carbocycles. The molecule has 0 saturated heterocycles. The van der Waals surface area contributed by atoms with Gasteiger partial charge in [0.05, 0.1) is 22.8 Å². The number of fused-ring (bicyclic) bond motifs is 1. The SMILES string of the molecule is Nc1ccc([N+](=O)[O-])c2c1OCCC2. The van der Waals surface area contributed by atoms with Crippen molar-refractivity contribution in [2.45, 2.75) is 12.8 Å². The number of hydrogen-bond acceptors (Lipinski definition) is 4. The van der Waals surface area contributed by atoms with Gasteiger partial charge >= 0.3 is 0 Å². The number of rotatable bonds is 1. The Kier molecular flexibility index (Phi) is 1.99. The van der Waals surface area contributed by atoms with E-state index in [0.29, 0.717) is 30.0 Å². The molecule has 0 radical (unpaired) electrons. The van der Waals surface area contributed by atoms with Crippen LogP contribution in [0.4, 0.5) is 11.4 Å². The number of ether oxygens (including phenoxy) is 1. The van der Waals surface area contributed by atoms with Crippen LogP contribution in [0.2, 0.25) is 0 Å². The summed E-state index contributed by atoms with van der Waals surface area (Å²) < 4.78 is 5.32. The number of anilines is 1. The van der Waals surface area contributed by atoms with Crippen molar-refractivity contribution < 1.29 is 9.66 Å². The van der Waals surface area contributed by atoms with Crippen LogP contribution in [0.25, 0.3) is 0 Å². The van der Waals surface area contributed by atoms with E-state index in [4.69, 9.17) is 10.5 Å². The Bertz CT molecular complexity index is 390. The summed E-state index contributed by atoms with van der Waals surface area (Å²) in [6.07, 6.45) is 1.47. The third-order valence-corrected chi connectivity index (χ3v) is 2.28. The van der Waals surface area contributed by atoms with E-state index in [1.54, 1.807) is 0 Å². The average Bonchev–Trinajstić information content (AvgIpc) is 2.18. The molecule has 1 heterocycles. The van der Waals surface area contributed by atoms with Gasteiger partial charge in [-0.1, -0.05) is 0 Å². The van der Waals surface area contributed by atoms with Gasteiger partial charge in [0.25, 0.3) is 5.69 Å². The van der Waals surface area contributed by atoms with Crippen LogP contribution in [0.15, 0.2) is 12.1 Å². The van der Waals surface area contributed by atoms with Crippen LogP contribution >= 0.6 is 0 Å². The number of hydrogen-bond donors (Lipinski definition) is 1. The monoisotopic (exact) mass is 194 g/mol. The third-order valence-electron chi connectivity index (χ3n) is 2.28. The Morgan fingerprint density at radius 2 is 2.29 bits per heavy atom. The fourth-order valence-electron chi connectivity index (χ4n) is 1.64. The second kappa shape index (κ2) is 3.17. The van der Waals surface area contributed by atoms with Gasteiger partial charge in [0, 0.05) is 6.07 Å². The fraction of sp³-hybridized carbons (Fsp3) is 0.333. The molecule has 0 spiro atoms. The van der Waals surface area contributed by atoms with Crippen LogP contribution in [0, 0.1) is 10.1 Å². The quantitative estimate of drug-likeness (QED) is 0.417. The van der Waals surface area contributed by atoms with Crippen molar-refractivity contribution in [2.24, 2.45) is 0 Å². The van der Waals surface area contributed by atoms with E-state index in [0.717, 1.165) is 6.42 Å². The largest absolute Gasteiger partial charge is 0.491 e. The molecule has 2 N–H and O–H groups in total. The molecule has 0 amide bonds. The summed E-state index contributed by atoms with van der Waals surface area (Å²) in [6, 6.07) is 2.95. The van der Waals surface area contributed by atoms with Crippen LogP contribution in [-0.2, 0) is 6.42 Å². The zero-order valence-electron chi connectivity index (χ0n) is 7.53. The molecule has 0 fully saturated rings. The van der Waals surface area contributed by atoms with E-state index >= 15 is 0 Å². The summed E-state index contributed by atoms with van der Waals surface area (Å²) in [5, 5.41) is 10.7. The number of nitrogens with zero attached hydrogens (tertiary/aromatic N) is 1. The number of nitro benzene ring substituents is 1. The number of benzene rings is 1. The highest BCUT2D eigenvalue weighted by Crippen LogP contribution is 2.37. The predicted molar refractivity (Wildman–Crippen MR) is 51.3 cm³/mol. The molecule has 1 aliphatic rings. The van der Waals surface area contributed by atoms with E-state index in [1.807, 2.05) is 0 Å². The maximum absolute atomic E-state index is 10.7. The lowest BCUT2D eigenvalue weighted by molar-refractivity contribution is -0.385. The van der Waals surface area contributed by atoms with Gasteiger partial charge in [-0.25, -0.2) is 0 Å². The minimum Gasteiger partial charge on any atom is -0.491 e. The van der Waals surface area contributed by atoms with Crippen molar-refractivity contribution in [1.82, 2.24) is 0 Å². The highest BCUT2D eigenvalue weighted by molar-refractivity contribution is 5.64. The molecule has 0 bridgehead atoms. The molecule has 0 atom stereocenters. The first-order valence-corrected chi connectivity index (χ1v) is 4.38. The number of nitro groups is 1. The molecule has 1 aliphatic heterocycles. The van der Waals surface area contributed by atoms with Crippen LogP contribution in [0.3, 0.4) is 0 Å². The van der Waals surface area contributed by atoms with Gasteiger partial charge in [0.15, 0.2) is 5.75 Å². The van der Waals surface area contributed by atoms with Gasteiger partial charge in [-0.15, -0.1) is 0 Å². The minimum atomic E-state index is -0.396. The van der Waals surface area contributed by atoms with Gasteiger partial charge in [-0.3, -0.25) is 10.1 Å². The van der Waals surface area contributed by atoms with Crippen molar-refractivity contribution in [3.05, 3.63) is 27.8 Å². The number of nitrogens with two attached hydrogens (primary N) is 1. The molecule has 5 heteroatoms. The Hall–Kier alpha value is -1.78. The van der Waals surface area contributed by atoms with E-state index < -0.39 is 4.92 Å². The summed E-state index contributed by atoms with van der Waals surface area (Å²) in [6.45, 7) is 0.582. The summed E-state index contributed by atoms with van der Waals surface area (Å²) >= 11 is 0. The summed E-state index contributed by atoms with van der Waals surface area (Å²) in [5.41, 5.74) is 6.87. The molecular formula is C9H10N2O3. The van der Waals surface area contributed by atoms with E-state index in [2.05, 4.69) is 0 Å². The molecule has 0 aliphatic carbocycles. The normalized spacial score (nSPS) is 14.3. The second-order valence-electron chi connectivity index (χ2n) is 3.19. The van der Waals surface area contributed by atoms with Gasteiger partial charge < -0.3 is 10.5 Å². The summed E-state index contributed by atoms with van der Waals surface area (Å²) in [5.74, 6) is 0.491. The fourth-order valence-corrected chi connectivity index (χ4v) is 1.64. The average molecular weight is 194 g/mol. The van der Waals surface area contributed by atoms with Crippen molar-refractivity contribution in [3.8, 4) is 5.75 Å². The minimum absolute atomic E-state index is 0.105. The Morgan fingerprint density at radius 1 is 1.50 bits per heavy atom. The standard InChI is InChI=1S/C9H10N2O3/c10-7-3-4-8(11(12)13)6-2-1-5-14-9(6)7/h3-4H,1-2,5,10H2. The predicted octanol–water partition coefficient (Wildman–Crippen LogP) is 1.50. The van der Waals surface area contributed by atoms with E-state index in [1.165, 1.54) is 12.1 Å². The van der Waals surface area contributed by atoms with E-state index in [9.17, 15) is 10.1 Å². The first kappa shape index (κ1) is 8.80.